The van der Waals surface area contributed by atoms with Gasteiger partial charge in [0, 0.05) is 24.1 Å². The van der Waals surface area contributed by atoms with Crippen LogP contribution < -0.4 is 21.3 Å². The maximum Gasteiger partial charge on any atom is 0.328 e. The van der Waals surface area contributed by atoms with Gasteiger partial charge < -0.3 is 26.4 Å². The number of hydrogen-bond acceptors (Lipinski definition) is 5. The second kappa shape index (κ2) is 15.4. The highest BCUT2D eigenvalue weighted by atomic mass is 16.4. The first-order valence-corrected chi connectivity index (χ1v) is 13.8. The predicted molar refractivity (Wildman–Crippen MR) is 154 cm³/mol. The van der Waals surface area contributed by atoms with Crippen molar-refractivity contribution in [3.8, 4) is 0 Å². The third kappa shape index (κ3) is 9.90. The highest BCUT2D eigenvalue weighted by molar-refractivity contribution is 5.98. The average Bonchev–Trinajstić information content (AvgIpc) is 2.95. The van der Waals surface area contributed by atoms with Gasteiger partial charge in [0.15, 0.2) is 0 Å². The fourth-order valence-electron chi connectivity index (χ4n) is 4.74. The van der Waals surface area contributed by atoms with E-state index in [2.05, 4.69) is 21.3 Å². The number of carbonyl (C=O) groups is 5. The van der Waals surface area contributed by atoms with E-state index >= 15 is 0 Å². The molecule has 4 atom stereocenters. The van der Waals surface area contributed by atoms with E-state index in [1.165, 1.54) is 6.08 Å². The van der Waals surface area contributed by atoms with Crippen molar-refractivity contribution in [3.63, 3.8) is 0 Å². The number of carboxylic acid groups (broad SMARTS) is 1. The summed E-state index contributed by atoms with van der Waals surface area (Å²) in [5.41, 5.74) is 1.08. The molecule has 0 unspecified atom stereocenters. The first-order valence-electron chi connectivity index (χ1n) is 13.8. The number of piperidine rings is 1. The van der Waals surface area contributed by atoms with Crippen molar-refractivity contribution in [1.29, 1.82) is 0 Å². The lowest BCUT2D eigenvalue weighted by Gasteiger charge is -2.32. The highest BCUT2D eigenvalue weighted by Crippen LogP contribution is 2.20. The Hall–Kier alpha value is -4.47. The van der Waals surface area contributed by atoms with Crippen LogP contribution in [0.2, 0.25) is 0 Å². The Kier molecular flexibility index (Phi) is 11.6. The maximum atomic E-state index is 13.5. The van der Waals surface area contributed by atoms with E-state index in [0.717, 1.165) is 5.56 Å². The fourth-order valence-corrected chi connectivity index (χ4v) is 4.74. The molecule has 1 aliphatic rings. The molecule has 0 bridgehead atoms. The summed E-state index contributed by atoms with van der Waals surface area (Å²) in [4.78, 5) is 64.1. The van der Waals surface area contributed by atoms with Gasteiger partial charge in [0.1, 0.15) is 12.1 Å². The Morgan fingerprint density at radius 1 is 0.976 bits per heavy atom. The number of aliphatic carboxylic acids is 1. The summed E-state index contributed by atoms with van der Waals surface area (Å²) in [6.45, 7) is 4.32. The topological polar surface area (TPSA) is 154 Å². The zero-order valence-corrected chi connectivity index (χ0v) is 23.3. The number of benzene rings is 2. The summed E-state index contributed by atoms with van der Waals surface area (Å²) in [5, 5.41) is 20.9. The summed E-state index contributed by atoms with van der Waals surface area (Å²) in [7, 11) is 0. The Morgan fingerprint density at radius 3 is 2.24 bits per heavy atom. The highest BCUT2D eigenvalue weighted by Gasteiger charge is 2.37. The number of carbonyl (C=O) groups excluding carboxylic acids is 4. The smallest absolute Gasteiger partial charge is 0.328 e. The normalized spacial score (nSPS) is 17.2. The van der Waals surface area contributed by atoms with Crippen molar-refractivity contribution in [1.82, 2.24) is 21.3 Å². The predicted octanol–water partition coefficient (Wildman–Crippen LogP) is 2.52. The quantitative estimate of drug-likeness (QED) is 0.237. The first-order chi connectivity index (χ1) is 19.6. The second-order valence-electron chi connectivity index (χ2n) is 10.6. The molecule has 0 aromatic heterocycles. The van der Waals surface area contributed by atoms with Crippen molar-refractivity contribution in [2.45, 2.75) is 57.7 Å². The van der Waals surface area contributed by atoms with Gasteiger partial charge in [-0.3, -0.25) is 19.2 Å². The van der Waals surface area contributed by atoms with Gasteiger partial charge in [-0.05, 0) is 55.4 Å². The molecular formula is C31H38N4O6. The molecule has 5 N–H and O–H groups in total. The fraction of sp³-hybridized carbons (Fsp3) is 0.387. The third-order valence-corrected chi connectivity index (χ3v) is 6.82. The Labute approximate surface area is 240 Å². The summed E-state index contributed by atoms with van der Waals surface area (Å²) in [6, 6.07) is 13.8. The third-order valence-electron chi connectivity index (χ3n) is 6.82. The zero-order valence-electron chi connectivity index (χ0n) is 23.3. The van der Waals surface area contributed by atoms with Gasteiger partial charge >= 0.3 is 5.97 Å². The second-order valence-corrected chi connectivity index (χ2v) is 10.6. The summed E-state index contributed by atoms with van der Waals surface area (Å²) >= 11 is 0. The minimum absolute atomic E-state index is 0.000134. The van der Waals surface area contributed by atoms with Crippen LogP contribution >= 0.6 is 0 Å². The standard InChI is InChI=1S/C31H38N4O6/c1-20(2)18-25(33-26(36)16-15-21-10-5-3-6-11-21)30(39)34-24(19-23-14-9-17-32-28(23)37)27(31(40)41)35-29(38)22-12-7-4-8-13-22/h3-8,10-13,15-16,20,23-25,27H,9,14,17-19H2,1-2H3,(H,32,37)(H,33,36)(H,34,39)(H,35,38)(H,40,41)/b16-15+/t23-,24-,25-,27+/m0/s1. The lowest BCUT2D eigenvalue weighted by Crippen LogP contribution is -2.60. The number of carboxylic acids is 1. The minimum atomic E-state index is -1.52. The molecule has 0 spiro atoms. The van der Waals surface area contributed by atoms with Crippen molar-refractivity contribution in [2.24, 2.45) is 11.8 Å². The molecule has 4 amide bonds. The molecule has 0 aliphatic carbocycles. The van der Waals surface area contributed by atoms with Crippen molar-refractivity contribution in [3.05, 3.63) is 77.9 Å². The molecule has 0 radical (unpaired) electrons. The van der Waals surface area contributed by atoms with Gasteiger partial charge in [-0.25, -0.2) is 4.79 Å². The lowest BCUT2D eigenvalue weighted by atomic mass is 9.88. The van der Waals surface area contributed by atoms with Crippen LogP contribution in [0.1, 0.15) is 55.5 Å². The van der Waals surface area contributed by atoms with E-state index in [1.54, 1.807) is 36.4 Å². The van der Waals surface area contributed by atoms with E-state index in [-0.39, 0.29) is 23.8 Å². The Morgan fingerprint density at radius 2 is 1.63 bits per heavy atom. The van der Waals surface area contributed by atoms with Crippen LogP contribution in [0.25, 0.3) is 6.08 Å². The van der Waals surface area contributed by atoms with Gasteiger partial charge in [0.2, 0.25) is 17.7 Å². The van der Waals surface area contributed by atoms with Crippen LogP contribution in [-0.4, -0.2) is 59.4 Å². The molecular weight excluding hydrogens is 524 g/mol. The number of amides is 4. The van der Waals surface area contributed by atoms with Crippen LogP contribution in [0.3, 0.4) is 0 Å². The van der Waals surface area contributed by atoms with Crippen molar-refractivity contribution in [2.75, 3.05) is 6.54 Å². The van der Waals surface area contributed by atoms with Gasteiger partial charge in [-0.1, -0.05) is 62.4 Å². The van der Waals surface area contributed by atoms with Crippen molar-refractivity contribution >= 4 is 35.7 Å². The Balaban J connectivity index is 1.82. The van der Waals surface area contributed by atoms with Gasteiger partial charge in [0.25, 0.3) is 5.91 Å². The SMILES string of the molecule is CC(C)C[C@H](NC(=O)/C=C/c1ccccc1)C(=O)N[C@@H](C[C@@H]1CCCNC1=O)[C@@H](NC(=O)c1ccccc1)C(=O)O. The zero-order chi connectivity index (χ0) is 29.8. The molecule has 1 saturated heterocycles. The Bertz CT molecular complexity index is 1230. The minimum Gasteiger partial charge on any atom is -0.480 e. The monoisotopic (exact) mass is 562 g/mol. The molecule has 10 nitrogen and oxygen atoms in total. The molecule has 1 fully saturated rings. The van der Waals surface area contributed by atoms with Crippen LogP contribution in [0.15, 0.2) is 66.7 Å². The summed E-state index contributed by atoms with van der Waals surface area (Å²) < 4.78 is 0. The van der Waals surface area contributed by atoms with E-state index in [9.17, 15) is 29.1 Å². The molecule has 1 heterocycles. The van der Waals surface area contributed by atoms with Crippen LogP contribution in [0, 0.1) is 11.8 Å². The van der Waals surface area contributed by atoms with E-state index < -0.39 is 47.7 Å². The molecule has 41 heavy (non-hydrogen) atoms. The van der Waals surface area contributed by atoms with E-state index in [0.29, 0.717) is 25.8 Å². The summed E-state index contributed by atoms with van der Waals surface area (Å²) in [5.74, 6) is -3.80. The van der Waals surface area contributed by atoms with Crippen molar-refractivity contribution < 1.29 is 29.1 Å². The largest absolute Gasteiger partial charge is 0.480 e. The molecule has 2 aromatic rings. The first kappa shape index (κ1) is 31.1. The van der Waals surface area contributed by atoms with Crippen LogP contribution in [-0.2, 0) is 19.2 Å². The van der Waals surface area contributed by atoms with Crippen LogP contribution in [0.5, 0.6) is 0 Å². The molecule has 2 aromatic carbocycles. The lowest BCUT2D eigenvalue weighted by molar-refractivity contribution is -0.141. The average molecular weight is 563 g/mol. The number of nitrogens with one attached hydrogen (secondary N) is 4. The van der Waals surface area contributed by atoms with Crippen LogP contribution in [0.4, 0.5) is 0 Å². The molecule has 10 heteroatoms. The molecule has 218 valence electrons. The summed E-state index contributed by atoms with van der Waals surface area (Å²) in [6.07, 6.45) is 4.49. The number of hydrogen-bond donors (Lipinski definition) is 5. The van der Waals surface area contributed by atoms with Gasteiger partial charge in [-0.15, -0.1) is 0 Å². The van der Waals surface area contributed by atoms with Gasteiger partial charge in [0.05, 0.1) is 6.04 Å². The molecule has 1 aliphatic heterocycles. The maximum absolute atomic E-state index is 13.5. The van der Waals surface area contributed by atoms with Gasteiger partial charge in [-0.2, -0.15) is 0 Å². The molecule has 0 saturated carbocycles. The van der Waals surface area contributed by atoms with E-state index in [4.69, 9.17) is 0 Å². The van der Waals surface area contributed by atoms with E-state index in [1.807, 2.05) is 44.2 Å². The number of rotatable bonds is 13. The molecule has 3 rings (SSSR count).